The Morgan fingerprint density at radius 2 is 2.11 bits per heavy atom. The predicted octanol–water partition coefficient (Wildman–Crippen LogP) is 1.85. The molecule has 2 aromatic rings. The SMILES string of the molecule is Cc1ccc(-c2nc(CCN(C)C)no2)cc1O. The average Bonchev–Trinajstić information content (AvgIpc) is 2.79. The average molecular weight is 247 g/mol. The number of hydrogen-bond donors (Lipinski definition) is 1. The Morgan fingerprint density at radius 3 is 2.78 bits per heavy atom. The molecule has 0 saturated carbocycles. The lowest BCUT2D eigenvalue weighted by atomic mass is 10.1. The minimum atomic E-state index is 0.237. The van der Waals surface area contributed by atoms with Crippen molar-refractivity contribution in [1.29, 1.82) is 0 Å². The molecule has 0 aliphatic rings. The summed E-state index contributed by atoms with van der Waals surface area (Å²) in [6.45, 7) is 2.72. The first-order valence-corrected chi connectivity index (χ1v) is 5.83. The molecule has 2 rings (SSSR count). The number of hydrogen-bond acceptors (Lipinski definition) is 5. The molecule has 0 fully saturated rings. The molecule has 0 unspecified atom stereocenters. The van der Waals surface area contributed by atoms with Gasteiger partial charge in [-0.1, -0.05) is 11.2 Å². The summed E-state index contributed by atoms with van der Waals surface area (Å²) in [6, 6.07) is 5.32. The van der Waals surface area contributed by atoms with Crippen molar-refractivity contribution in [2.75, 3.05) is 20.6 Å². The second-order valence-corrected chi connectivity index (χ2v) is 4.57. The van der Waals surface area contributed by atoms with Gasteiger partial charge >= 0.3 is 0 Å². The van der Waals surface area contributed by atoms with Crippen molar-refractivity contribution >= 4 is 0 Å². The van der Waals surface area contributed by atoms with Crippen LogP contribution in [0.25, 0.3) is 11.5 Å². The normalized spacial score (nSPS) is 11.1. The number of aromatic hydroxyl groups is 1. The van der Waals surface area contributed by atoms with Gasteiger partial charge in [0.05, 0.1) is 0 Å². The molecule has 0 spiro atoms. The zero-order chi connectivity index (χ0) is 13.1. The maximum absolute atomic E-state index is 9.65. The summed E-state index contributed by atoms with van der Waals surface area (Å²) in [7, 11) is 4.00. The van der Waals surface area contributed by atoms with Crippen molar-refractivity contribution in [1.82, 2.24) is 15.0 Å². The van der Waals surface area contributed by atoms with Crippen LogP contribution in [0.1, 0.15) is 11.4 Å². The van der Waals surface area contributed by atoms with Gasteiger partial charge in [0.15, 0.2) is 5.82 Å². The molecule has 1 aromatic heterocycles. The van der Waals surface area contributed by atoms with Crippen molar-refractivity contribution in [2.24, 2.45) is 0 Å². The summed E-state index contributed by atoms with van der Waals surface area (Å²) < 4.78 is 5.19. The first-order chi connectivity index (χ1) is 8.56. The van der Waals surface area contributed by atoms with Crippen LogP contribution in [-0.4, -0.2) is 40.8 Å². The van der Waals surface area contributed by atoms with Gasteiger partial charge in [-0.3, -0.25) is 0 Å². The third kappa shape index (κ3) is 2.87. The molecule has 0 saturated heterocycles. The van der Waals surface area contributed by atoms with Gasteiger partial charge in [0.1, 0.15) is 5.75 Å². The number of phenols is 1. The van der Waals surface area contributed by atoms with E-state index in [-0.39, 0.29) is 5.75 Å². The largest absolute Gasteiger partial charge is 0.508 e. The summed E-state index contributed by atoms with van der Waals surface area (Å²) in [4.78, 5) is 6.37. The van der Waals surface area contributed by atoms with Crippen molar-refractivity contribution in [2.45, 2.75) is 13.3 Å². The molecule has 0 aliphatic heterocycles. The van der Waals surface area contributed by atoms with Gasteiger partial charge in [-0.15, -0.1) is 0 Å². The summed E-state index contributed by atoms with van der Waals surface area (Å²) in [5, 5.41) is 13.6. The van der Waals surface area contributed by atoms with E-state index in [0.29, 0.717) is 11.7 Å². The molecule has 1 aromatic carbocycles. The first kappa shape index (κ1) is 12.6. The fourth-order valence-corrected chi connectivity index (χ4v) is 1.54. The third-order valence-electron chi connectivity index (χ3n) is 2.71. The Kier molecular flexibility index (Phi) is 3.62. The number of phenolic OH excluding ortho intramolecular Hbond substituents is 1. The molecular weight excluding hydrogens is 230 g/mol. The quantitative estimate of drug-likeness (QED) is 0.893. The van der Waals surface area contributed by atoms with Gasteiger partial charge in [0.2, 0.25) is 0 Å². The smallest absolute Gasteiger partial charge is 0.258 e. The van der Waals surface area contributed by atoms with E-state index in [2.05, 4.69) is 15.0 Å². The van der Waals surface area contributed by atoms with Crippen LogP contribution in [0.3, 0.4) is 0 Å². The lowest BCUT2D eigenvalue weighted by molar-refractivity contribution is 0.392. The maximum Gasteiger partial charge on any atom is 0.258 e. The highest BCUT2D eigenvalue weighted by Gasteiger charge is 2.10. The van der Waals surface area contributed by atoms with Crippen LogP contribution in [-0.2, 0) is 6.42 Å². The molecule has 0 amide bonds. The van der Waals surface area contributed by atoms with E-state index in [1.54, 1.807) is 6.07 Å². The van der Waals surface area contributed by atoms with Crippen LogP contribution in [0.15, 0.2) is 22.7 Å². The Labute approximate surface area is 106 Å². The minimum absolute atomic E-state index is 0.237. The summed E-state index contributed by atoms with van der Waals surface area (Å²) in [5.74, 6) is 1.36. The molecule has 96 valence electrons. The van der Waals surface area contributed by atoms with Crippen molar-refractivity contribution in [3.63, 3.8) is 0 Å². The Balaban J connectivity index is 2.16. The fourth-order valence-electron chi connectivity index (χ4n) is 1.54. The molecule has 0 bridgehead atoms. The fraction of sp³-hybridized carbons (Fsp3) is 0.385. The monoisotopic (exact) mass is 247 g/mol. The summed E-state index contributed by atoms with van der Waals surface area (Å²) >= 11 is 0. The van der Waals surface area contributed by atoms with Crippen LogP contribution < -0.4 is 0 Å². The number of benzene rings is 1. The van der Waals surface area contributed by atoms with Crippen LogP contribution in [0, 0.1) is 6.92 Å². The van der Waals surface area contributed by atoms with E-state index in [1.165, 1.54) is 0 Å². The van der Waals surface area contributed by atoms with Gasteiger partial charge in [0, 0.05) is 18.5 Å². The van der Waals surface area contributed by atoms with E-state index in [4.69, 9.17) is 4.52 Å². The van der Waals surface area contributed by atoms with Gasteiger partial charge in [-0.2, -0.15) is 4.98 Å². The second kappa shape index (κ2) is 5.18. The third-order valence-corrected chi connectivity index (χ3v) is 2.71. The molecule has 0 atom stereocenters. The lowest BCUT2D eigenvalue weighted by Gasteiger charge is -2.05. The number of aryl methyl sites for hydroxylation is 1. The second-order valence-electron chi connectivity index (χ2n) is 4.57. The van der Waals surface area contributed by atoms with Crippen LogP contribution in [0.5, 0.6) is 5.75 Å². The number of nitrogens with zero attached hydrogens (tertiary/aromatic N) is 3. The zero-order valence-corrected chi connectivity index (χ0v) is 10.8. The highest BCUT2D eigenvalue weighted by atomic mass is 16.5. The zero-order valence-electron chi connectivity index (χ0n) is 10.8. The van der Waals surface area contributed by atoms with Gasteiger partial charge in [-0.05, 0) is 38.7 Å². The first-order valence-electron chi connectivity index (χ1n) is 5.83. The van der Waals surface area contributed by atoms with E-state index in [1.807, 2.05) is 33.2 Å². The molecule has 0 radical (unpaired) electrons. The molecule has 18 heavy (non-hydrogen) atoms. The van der Waals surface area contributed by atoms with Crippen LogP contribution in [0.4, 0.5) is 0 Å². The maximum atomic E-state index is 9.65. The van der Waals surface area contributed by atoms with Gasteiger partial charge < -0.3 is 14.5 Å². The van der Waals surface area contributed by atoms with Crippen LogP contribution in [0.2, 0.25) is 0 Å². The summed E-state index contributed by atoms with van der Waals surface area (Å²) in [6.07, 6.45) is 0.744. The van der Waals surface area contributed by atoms with Gasteiger partial charge in [0.25, 0.3) is 5.89 Å². The van der Waals surface area contributed by atoms with Crippen LogP contribution >= 0.6 is 0 Å². The lowest BCUT2D eigenvalue weighted by Crippen LogP contribution is -2.15. The Hall–Kier alpha value is -1.88. The standard InChI is InChI=1S/C13H17N3O2/c1-9-4-5-10(8-11(9)17)13-14-12(15-18-13)6-7-16(2)3/h4-5,8,17H,6-7H2,1-3H3. The highest BCUT2D eigenvalue weighted by Crippen LogP contribution is 2.24. The van der Waals surface area contributed by atoms with E-state index < -0.39 is 0 Å². The van der Waals surface area contributed by atoms with E-state index in [9.17, 15) is 5.11 Å². The van der Waals surface area contributed by atoms with E-state index >= 15 is 0 Å². The van der Waals surface area contributed by atoms with Crippen molar-refractivity contribution < 1.29 is 9.63 Å². The minimum Gasteiger partial charge on any atom is -0.508 e. The molecule has 1 N–H and O–H groups in total. The van der Waals surface area contributed by atoms with Crippen molar-refractivity contribution in [3.05, 3.63) is 29.6 Å². The summed E-state index contributed by atoms with van der Waals surface area (Å²) in [5.41, 5.74) is 1.56. The predicted molar refractivity (Wildman–Crippen MR) is 68.4 cm³/mol. The Morgan fingerprint density at radius 1 is 1.33 bits per heavy atom. The highest BCUT2D eigenvalue weighted by molar-refractivity contribution is 5.57. The molecule has 5 heteroatoms. The topological polar surface area (TPSA) is 62.4 Å². The number of rotatable bonds is 4. The molecule has 5 nitrogen and oxygen atoms in total. The molecule has 1 heterocycles. The van der Waals surface area contributed by atoms with E-state index in [0.717, 1.165) is 24.1 Å². The number of aromatic nitrogens is 2. The van der Waals surface area contributed by atoms with Gasteiger partial charge in [-0.25, -0.2) is 0 Å². The molecular formula is C13H17N3O2. The Bertz CT molecular complexity index is 535. The molecule has 0 aliphatic carbocycles. The number of likely N-dealkylation sites (N-methyl/N-ethyl adjacent to an activating group) is 1. The van der Waals surface area contributed by atoms with Crippen molar-refractivity contribution in [3.8, 4) is 17.2 Å².